The van der Waals surface area contributed by atoms with E-state index in [9.17, 15) is 4.79 Å². The van der Waals surface area contributed by atoms with Crippen LogP contribution < -0.4 is 10.6 Å². The molecule has 1 unspecified atom stereocenters. The highest BCUT2D eigenvalue weighted by Gasteiger charge is 2.35. The van der Waals surface area contributed by atoms with Gasteiger partial charge in [0.15, 0.2) is 0 Å². The van der Waals surface area contributed by atoms with E-state index in [2.05, 4.69) is 23.2 Å². The van der Waals surface area contributed by atoms with Gasteiger partial charge in [-0.05, 0) is 24.3 Å². The molecule has 2 aliphatic heterocycles. The normalized spacial score (nSPS) is 21.0. The molecule has 0 aromatic heterocycles. The molecule has 1 atom stereocenters. The Bertz CT molecular complexity index is 531. The minimum atomic E-state index is -0.336. The zero-order chi connectivity index (χ0) is 14.8. The first-order valence-corrected chi connectivity index (χ1v) is 9.51. The first-order valence-electron chi connectivity index (χ1n) is 7.53. The standard InChI is InChI=1S/C16H23N3OP/c1-21(2)15-5-3-13(4-6-15)16(20)19-11-14(12-19)18-9-7-17-8-10-18/h3-6,14,17H,1,7-12H2,2H3/q+1. The Kier molecular flexibility index (Phi) is 4.39. The van der Waals surface area contributed by atoms with Crippen molar-refractivity contribution in [3.05, 3.63) is 29.8 Å². The number of rotatable bonds is 3. The van der Waals surface area contributed by atoms with Crippen molar-refractivity contribution in [2.24, 2.45) is 0 Å². The third kappa shape index (κ3) is 3.18. The summed E-state index contributed by atoms with van der Waals surface area (Å²) in [7, 11) is -0.336. The van der Waals surface area contributed by atoms with Crippen molar-refractivity contribution in [1.82, 2.24) is 15.1 Å². The minimum absolute atomic E-state index is 0.164. The summed E-state index contributed by atoms with van der Waals surface area (Å²) in [6.45, 7) is 8.20. The van der Waals surface area contributed by atoms with Crippen molar-refractivity contribution >= 4 is 25.1 Å². The average molecular weight is 304 g/mol. The number of carbonyl (C=O) groups excluding carboxylic acids is 1. The Morgan fingerprint density at radius 1 is 1.24 bits per heavy atom. The van der Waals surface area contributed by atoms with Crippen LogP contribution in [-0.4, -0.2) is 74.0 Å². The van der Waals surface area contributed by atoms with E-state index >= 15 is 0 Å². The third-order valence-corrected chi connectivity index (χ3v) is 5.55. The lowest BCUT2D eigenvalue weighted by molar-refractivity contribution is 0.0227. The summed E-state index contributed by atoms with van der Waals surface area (Å²) in [6, 6.07) is 8.53. The molecule has 1 aromatic carbocycles. The predicted octanol–water partition coefficient (Wildman–Crippen LogP) is 0.585. The Labute approximate surface area is 127 Å². The van der Waals surface area contributed by atoms with Gasteiger partial charge < -0.3 is 10.2 Å². The highest BCUT2D eigenvalue weighted by atomic mass is 31.1. The Balaban J connectivity index is 1.56. The van der Waals surface area contributed by atoms with E-state index in [1.54, 1.807) is 0 Å². The van der Waals surface area contributed by atoms with Crippen LogP contribution in [0.15, 0.2) is 24.3 Å². The second kappa shape index (κ2) is 6.27. The van der Waals surface area contributed by atoms with Gasteiger partial charge in [-0.25, -0.2) is 0 Å². The van der Waals surface area contributed by atoms with Crippen LogP contribution in [0, 0.1) is 0 Å². The van der Waals surface area contributed by atoms with Crippen LogP contribution in [0.25, 0.3) is 0 Å². The number of amides is 1. The van der Waals surface area contributed by atoms with Crippen molar-refractivity contribution in [2.45, 2.75) is 6.04 Å². The Hall–Kier alpha value is -1.22. The molecule has 1 amide bonds. The molecule has 112 valence electrons. The van der Waals surface area contributed by atoms with Gasteiger partial charge in [0.05, 0.1) is 6.30 Å². The maximum atomic E-state index is 12.4. The summed E-state index contributed by atoms with van der Waals surface area (Å²) < 4.78 is 0. The van der Waals surface area contributed by atoms with Gasteiger partial charge in [-0.1, -0.05) is 0 Å². The van der Waals surface area contributed by atoms with Crippen molar-refractivity contribution < 1.29 is 4.79 Å². The van der Waals surface area contributed by atoms with Crippen LogP contribution in [0.2, 0.25) is 0 Å². The van der Waals surface area contributed by atoms with E-state index < -0.39 is 0 Å². The molecule has 0 saturated carbocycles. The number of benzene rings is 1. The van der Waals surface area contributed by atoms with Gasteiger partial charge in [0.25, 0.3) is 5.91 Å². The van der Waals surface area contributed by atoms with E-state index in [0.717, 1.165) is 44.8 Å². The second-order valence-electron chi connectivity index (χ2n) is 5.89. The number of nitrogens with zero attached hydrogens (tertiary/aromatic N) is 2. The molecule has 2 heterocycles. The number of carbonyl (C=O) groups is 1. The first-order chi connectivity index (χ1) is 10.1. The van der Waals surface area contributed by atoms with Gasteiger partial charge in [0.2, 0.25) is 0 Å². The Morgan fingerprint density at radius 3 is 2.43 bits per heavy atom. The van der Waals surface area contributed by atoms with Gasteiger partial charge in [-0.15, -0.1) is 0 Å². The van der Waals surface area contributed by atoms with Gasteiger partial charge in [0, 0.05) is 50.9 Å². The lowest BCUT2D eigenvalue weighted by Crippen LogP contribution is -2.63. The molecule has 5 heteroatoms. The highest BCUT2D eigenvalue weighted by Crippen LogP contribution is 2.19. The third-order valence-electron chi connectivity index (χ3n) is 4.37. The molecule has 0 aliphatic carbocycles. The molecule has 0 spiro atoms. The maximum Gasteiger partial charge on any atom is 0.253 e. The molecule has 0 bridgehead atoms. The largest absolute Gasteiger partial charge is 0.335 e. The summed E-state index contributed by atoms with van der Waals surface area (Å²) >= 11 is 0. The maximum absolute atomic E-state index is 12.4. The molecule has 4 nitrogen and oxygen atoms in total. The fraction of sp³-hybridized carbons (Fsp3) is 0.500. The van der Waals surface area contributed by atoms with Crippen molar-refractivity contribution in [3.63, 3.8) is 0 Å². The predicted molar refractivity (Wildman–Crippen MR) is 90.2 cm³/mol. The molecule has 2 aliphatic rings. The van der Waals surface area contributed by atoms with Crippen LogP contribution in [0.3, 0.4) is 0 Å². The average Bonchev–Trinajstić information content (AvgIpc) is 2.47. The number of nitrogens with one attached hydrogen (secondary N) is 1. The molecule has 1 aromatic rings. The molecule has 3 rings (SSSR count). The van der Waals surface area contributed by atoms with Crippen LogP contribution >= 0.6 is 7.55 Å². The summed E-state index contributed by atoms with van der Waals surface area (Å²) in [4.78, 5) is 16.9. The number of piperazine rings is 1. The minimum Gasteiger partial charge on any atom is -0.335 e. The number of likely N-dealkylation sites (tertiary alicyclic amines) is 1. The first kappa shape index (κ1) is 14.7. The monoisotopic (exact) mass is 304 g/mol. The van der Waals surface area contributed by atoms with Crippen LogP contribution in [-0.2, 0) is 0 Å². The summed E-state index contributed by atoms with van der Waals surface area (Å²) in [5, 5.41) is 4.61. The molecule has 0 radical (unpaired) electrons. The summed E-state index contributed by atoms with van der Waals surface area (Å²) in [5.74, 6) is 0.164. The van der Waals surface area contributed by atoms with Crippen molar-refractivity contribution in [3.8, 4) is 0 Å². The molecule has 1 N–H and O–H groups in total. The van der Waals surface area contributed by atoms with E-state index in [0.29, 0.717) is 6.04 Å². The second-order valence-corrected chi connectivity index (χ2v) is 7.81. The van der Waals surface area contributed by atoms with Gasteiger partial charge in [-0.3, -0.25) is 9.69 Å². The molecular formula is C16H23N3OP+. The smallest absolute Gasteiger partial charge is 0.253 e. The fourth-order valence-electron chi connectivity index (χ4n) is 2.94. The fourth-order valence-corrected chi connectivity index (χ4v) is 3.60. The Morgan fingerprint density at radius 2 is 1.86 bits per heavy atom. The van der Waals surface area contributed by atoms with Gasteiger partial charge in [-0.2, -0.15) is 0 Å². The topological polar surface area (TPSA) is 35.6 Å². The quantitative estimate of drug-likeness (QED) is 0.830. The zero-order valence-corrected chi connectivity index (χ0v) is 13.5. The zero-order valence-electron chi connectivity index (χ0n) is 12.6. The number of hydrogen-bond donors (Lipinski definition) is 1. The molecule has 2 fully saturated rings. The molecular weight excluding hydrogens is 281 g/mol. The van der Waals surface area contributed by atoms with E-state index in [4.69, 9.17) is 0 Å². The summed E-state index contributed by atoms with van der Waals surface area (Å²) in [5.41, 5.74) is 0.800. The van der Waals surface area contributed by atoms with Crippen LogP contribution in [0.1, 0.15) is 10.4 Å². The lowest BCUT2D eigenvalue weighted by atomic mass is 10.0. The van der Waals surface area contributed by atoms with E-state index in [-0.39, 0.29) is 13.5 Å². The molecule has 2 saturated heterocycles. The lowest BCUT2D eigenvalue weighted by Gasteiger charge is -2.46. The van der Waals surface area contributed by atoms with Crippen molar-refractivity contribution in [1.29, 1.82) is 0 Å². The van der Waals surface area contributed by atoms with Crippen molar-refractivity contribution in [2.75, 3.05) is 45.9 Å². The molecule has 21 heavy (non-hydrogen) atoms. The van der Waals surface area contributed by atoms with E-state index in [1.165, 1.54) is 5.30 Å². The van der Waals surface area contributed by atoms with Crippen LogP contribution in [0.4, 0.5) is 0 Å². The number of hydrogen-bond acceptors (Lipinski definition) is 3. The SMILES string of the molecule is C=[P+](C)c1ccc(C(=O)N2CC(N3CCNCC3)C2)cc1. The van der Waals surface area contributed by atoms with Crippen LogP contribution in [0.5, 0.6) is 0 Å². The highest BCUT2D eigenvalue weighted by molar-refractivity contribution is 7.62. The van der Waals surface area contributed by atoms with Gasteiger partial charge in [0.1, 0.15) is 19.5 Å². The summed E-state index contributed by atoms with van der Waals surface area (Å²) in [6.07, 6.45) is 4.07. The van der Waals surface area contributed by atoms with E-state index in [1.807, 2.05) is 29.2 Å². The van der Waals surface area contributed by atoms with Gasteiger partial charge >= 0.3 is 0 Å².